The maximum Gasteiger partial charge on any atom is 0.338 e. The van der Waals surface area contributed by atoms with Gasteiger partial charge in [0.2, 0.25) is 10.0 Å². The van der Waals surface area contributed by atoms with Crippen LogP contribution in [0.3, 0.4) is 0 Å². The molecule has 0 aliphatic heterocycles. The van der Waals surface area contributed by atoms with Gasteiger partial charge in [0.25, 0.3) is 5.91 Å². The number of ether oxygens (including phenoxy) is 1. The number of rotatable bonds is 8. The summed E-state index contributed by atoms with van der Waals surface area (Å²) in [5.74, 6) is -1.26. The minimum atomic E-state index is -3.73. The fraction of sp³-hybridized carbons (Fsp3) is 0.300. The van der Waals surface area contributed by atoms with Gasteiger partial charge in [-0.1, -0.05) is 6.07 Å². The Morgan fingerprint density at radius 1 is 1.14 bits per heavy atom. The van der Waals surface area contributed by atoms with E-state index in [2.05, 4.69) is 5.32 Å². The zero-order valence-electron chi connectivity index (χ0n) is 16.7. The highest BCUT2D eigenvalue weighted by Crippen LogP contribution is 2.19. The average Bonchev–Trinajstić information content (AvgIpc) is 2.72. The van der Waals surface area contributed by atoms with Crippen LogP contribution in [0.4, 0.5) is 5.69 Å². The Bertz CT molecular complexity index is 973. The van der Waals surface area contributed by atoms with Crippen LogP contribution in [0.1, 0.15) is 24.2 Å². The molecule has 2 aromatic rings. The van der Waals surface area contributed by atoms with Crippen LogP contribution in [0.5, 0.6) is 0 Å². The first-order valence-corrected chi connectivity index (χ1v) is 11.5. The highest BCUT2D eigenvalue weighted by Gasteiger charge is 2.24. The quantitative estimate of drug-likeness (QED) is 0.504. The molecule has 0 unspecified atom stereocenters. The third-order valence-electron chi connectivity index (χ3n) is 4.18. The number of anilines is 1. The van der Waals surface area contributed by atoms with Crippen molar-refractivity contribution in [2.24, 2.45) is 0 Å². The number of thioether (sulfide) groups is 1. The van der Waals surface area contributed by atoms with E-state index in [1.165, 1.54) is 35.6 Å². The molecular weight excluding hydrogens is 412 g/mol. The summed E-state index contributed by atoms with van der Waals surface area (Å²) < 4.78 is 31.4. The largest absolute Gasteiger partial charge is 0.452 e. The van der Waals surface area contributed by atoms with E-state index in [0.717, 1.165) is 4.90 Å². The first-order chi connectivity index (χ1) is 13.6. The molecule has 0 fully saturated rings. The van der Waals surface area contributed by atoms with Gasteiger partial charge in [0.05, 0.1) is 10.5 Å². The zero-order chi connectivity index (χ0) is 21.6. The molecule has 0 aromatic heterocycles. The van der Waals surface area contributed by atoms with Gasteiger partial charge in [0.15, 0.2) is 6.61 Å². The van der Waals surface area contributed by atoms with Crippen molar-refractivity contribution in [1.82, 2.24) is 4.31 Å². The first kappa shape index (κ1) is 22.9. The van der Waals surface area contributed by atoms with Gasteiger partial charge in [-0.05, 0) is 62.6 Å². The normalized spacial score (nSPS) is 11.5. The second-order valence-electron chi connectivity index (χ2n) is 6.50. The van der Waals surface area contributed by atoms with Crippen LogP contribution in [0.25, 0.3) is 0 Å². The molecule has 1 amide bonds. The molecule has 0 radical (unpaired) electrons. The van der Waals surface area contributed by atoms with E-state index in [9.17, 15) is 18.0 Å². The number of carbonyl (C=O) groups excluding carboxylic acids is 2. The van der Waals surface area contributed by atoms with Crippen LogP contribution in [0, 0.1) is 0 Å². The van der Waals surface area contributed by atoms with Crippen LogP contribution < -0.4 is 5.32 Å². The van der Waals surface area contributed by atoms with Crippen molar-refractivity contribution in [2.75, 3.05) is 25.2 Å². The second kappa shape index (κ2) is 9.91. The summed E-state index contributed by atoms with van der Waals surface area (Å²) in [5.41, 5.74) is 0.647. The first-order valence-electron chi connectivity index (χ1n) is 8.84. The molecule has 0 atom stereocenters. The summed E-state index contributed by atoms with van der Waals surface area (Å²) in [6.07, 6.45) is 1.95. The molecule has 29 heavy (non-hydrogen) atoms. The predicted octanol–water partition coefficient (Wildman–Crippen LogP) is 3.23. The fourth-order valence-corrected chi connectivity index (χ4v) is 4.14. The lowest BCUT2D eigenvalue weighted by Crippen LogP contribution is -2.33. The van der Waals surface area contributed by atoms with E-state index in [-0.39, 0.29) is 16.5 Å². The number of nitrogens with one attached hydrogen (secondary N) is 1. The number of benzene rings is 2. The number of amides is 1. The van der Waals surface area contributed by atoms with Crippen LogP contribution in [-0.4, -0.2) is 50.6 Å². The molecule has 0 aliphatic carbocycles. The monoisotopic (exact) mass is 436 g/mol. The fourth-order valence-electron chi connectivity index (χ4n) is 2.31. The van der Waals surface area contributed by atoms with Gasteiger partial charge in [0, 0.05) is 23.7 Å². The smallest absolute Gasteiger partial charge is 0.338 e. The molecule has 7 nitrogen and oxygen atoms in total. The van der Waals surface area contributed by atoms with Crippen molar-refractivity contribution in [3.05, 3.63) is 54.1 Å². The molecule has 2 rings (SSSR count). The number of sulfonamides is 1. The molecule has 0 saturated heterocycles. The Morgan fingerprint density at radius 3 is 2.38 bits per heavy atom. The van der Waals surface area contributed by atoms with Crippen molar-refractivity contribution in [1.29, 1.82) is 0 Å². The molecule has 1 N–H and O–H groups in total. The standard InChI is InChI=1S/C20H24N2O5S2/c1-14(2)22(3)29(25,26)18-7-5-6-15(12-18)20(24)27-13-19(23)21-16-8-10-17(28-4)11-9-16/h5-12,14H,13H2,1-4H3,(H,21,23). The van der Waals surface area contributed by atoms with E-state index < -0.39 is 28.5 Å². The van der Waals surface area contributed by atoms with E-state index in [1.807, 2.05) is 18.4 Å². The van der Waals surface area contributed by atoms with Gasteiger partial charge in [-0.25, -0.2) is 13.2 Å². The highest BCUT2D eigenvalue weighted by atomic mass is 32.2. The van der Waals surface area contributed by atoms with Gasteiger partial charge < -0.3 is 10.1 Å². The topological polar surface area (TPSA) is 92.8 Å². The van der Waals surface area contributed by atoms with Gasteiger partial charge >= 0.3 is 5.97 Å². The molecule has 0 bridgehead atoms. The number of nitrogens with zero attached hydrogens (tertiary/aromatic N) is 1. The summed E-state index contributed by atoms with van der Waals surface area (Å²) in [6.45, 7) is 3.03. The van der Waals surface area contributed by atoms with Crippen molar-refractivity contribution < 1.29 is 22.7 Å². The number of esters is 1. The highest BCUT2D eigenvalue weighted by molar-refractivity contribution is 7.98. The van der Waals surface area contributed by atoms with E-state index in [4.69, 9.17) is 4.74 Å². The zero-order valence-corrected chi connectivity index (χ0v) is 18.3. The molecule has 0 heterocycles. The lowest BCUT2D eigenvalue weighted by molar-refractivity contribution is -0.119. The lowest BCUT2D eigenvalue weighted by atomic mass is 10.2. The number of carbonyl (C=O) groups is 2. The minimum absolute atomic E-state index is 0.0125. The van der Waals surface area contributed by atoms with Crippen LogP contribution in [0.2, 0.25) is 0 Å². The second-order valence-corrected chi connectivity index (χ2v) is 9.37. The third-order valence-corrected chi connectivity index (χ3v) is 6.96. The Balaban J connectivity index is 2.01. The van der Waals surface area contributed by atoms with Gasteiger partial charge in [-0.3, -0.25) is 4.79 Å². The maximum absolute atomic E-state index is 12.6. The lowest BCUT2D eigenvalue weighted by Gasteiger charge is -2.21. The van der Waals surface area contributed by atoms with E-state index >= 15 is 0 Å². The van der Waals surface area contributed by atoms with Crippen molar-refractivity contribution in [2.45, 2.75) is 29.7 Å². The van der Waals surface area contributed by atoms with Crippen LogP contribution in [0.15, 0.2) is 58.3 Å². The van der Waals surface area contributed by atoms with Crippen LogP contribution in [-0.2, 0) is 19.6 Å². The molecule has 9 heteroatoms. The molecule has 0 saturated carbocycles. The Morgan fingerprint density at radius 2 is 1.79 bits per heavy atom. The minimum Gasteiger partial charge on any atom is -0.452 e. The Labute approximate surface area is 175 Å². The Kier molecular flexibility index (Phi) is 7.83. The van der Waals surface area contributed by atoms with Crippen molar-refractivity contribution >= 4 is 39.3 Å². The third kappa shape index (κ3) is 6.06. The summed E-state index contributed by atoms with van der Waals surface area (Å²) in [4.78, 5) is 25.3. The SMILES string of the molecule is CSc1ccc(NC(=O)COC(=O)c2cccc(S(=O)(=O)N(C)C(C)C)c2)cc1. The van der Waals surface area contributed by atoms with Gasteiger partial charge in [0.1, 0.15) is 0 Å². The average molecular weight is 437 g/mol. The summed E-state index contributed by atoms with van der Waals surface area (Å²) in [5, 5.41) is 2.64. The molecule has 2 aromatic carbocycles. The summed E-state index contributed by atoms with van der Waals surface area (Å²) in [7, 11) is -2.25. The van der Waals surface area contributed by atoms with Crippen molar-refractivity contribution in [3.63, 3.8) is 0 Å². The summed E-state index contributed by atoms with van der Waals surface area (Å²) in [6, 6.07) is 12.6. The predicted molar refractivity (Wildman–Crippen MR) is 114 cm³/mol. The summed E-state index contributed by atoms with van der Waals surface area (Å²) >= 11 is 1.59. The van der Waals surface area contributed by atoms with Gasteiger partial charge in [-0.15, -0.1) is 11.8 Å². The van der Waals surface area contributed by atoms with Gasteiger partial charge in [-0.2, -0.15) is 4.31 Å². The molecule has 0 spiro atoms. The van der Waals surface area contributed by atoms with Crippen LogP contribution >= 0.6 is 11.8 Å². The van der Waals surface area contributed by atoms with Crippen molar-refractivity contribution in [3.8, 4) is 0 Å². The molecule has 156 valence electrons. The molecule has 0 aliphatic rings. The molecular formula is C20H24N2O5S2. The Hall–Kier alpha value is -2.36. The number of hydrogen-bond acceptors (Lipinski definition) is 6. The number of hydrogen-bond donors (Lipinski definition) is 1. The van der Waals surface area contributed by atoms with E-state index in [0.29, 0.717) is 5.69 Å². The van der Waals surface area contributed by atoms with E-state index in [1.54, 1.807) is 37.7 Å². The maximum atomic E-state index is 12.6.